The van der Waals surface area contributed by atoms with E-state index in [1.807, 2.05) is 32.9 Å². The Morgan fingerprint density at radius 1 is 1.22 bits per heavy atom. The molecule has 4 rings (SSSR count). The molecule has 1 fully saturated rings. The second kappa shape index (κ2) is 6.55. The number of aliphatic hydroxyl groups excluding tert-OH is 1. The summed E-state index contributed by atoms with van der Waals surface area (Å²) < 4.78 is 12.0. The number of hydrogen-bond donors (Lipinski definition) is 2. The van der Waals surface area contributed by atoms with Gasteiger partial charge in [-0.25, -0.2) is 0 Å². The lowest BCUT2D eigenvalue weighted by molar-refractivity contribution is 0.0126. The van der Waals surface area contributed by atoms with Crippen LogP contribution in [-0.4, -0.2) is 22.7 Å². The number of aliphatic hydroxyl groups is 1. The maximum atomic E-state index is 12.8. The van der Waals surface area contributed by atoms with Crippen molar-refractivity contribution in [2.24, 2.45) is 5.92 Å². The molecule has 0 saturated heterocycles. The third-order valence-electron chi connectivity index (χ3n) is 6.06. The average molecular weight is 371 g/mol. The molecule has 2 heterocycles. The fraction of sp³-hybridized carbons (Fsp3) is 0.591. The van der Waals surface area contributed by atoms with Crippen molar-refractivity contribution in [3.8, 4) is 5.75 Å². The van der Waals surface area contributed by atoms with Gasteiger partial charge in [0.05, 0.1) is 6.10 Å². The van der Waals surface area contributed by atoms with Crippen LogP contribution in [0, 0.1) is 12.8 Å². The number of benzene rings is 1. The van der Waals surface area contributed by atoms with Gasteiger partial charge in [-0.05, 0) is 64.5 Å². The van der Waals surface area contributed by atoms with Gasteiger partial charge < -0.3 is 19.6 Å². The van der Waals surface area contributed by atoms with E-state index in [0.29, 0.717) is 23.5 Å². The van der Waals surface area contributed by atoms with Crippen molar-refractivity contribution in [1.82, 2.24) is 5.32 Å². The second-order valence-electron chi connectivity index (χ2n) is 8.92. The van der Waals surface area contributed by atoms with Crippen molar-refractivity contribution < 1.29 is 19.1 Å². The minimum atomic E-state index is -0.639. The molecule has 27 heavy (non-hydrogen) atoms. The Balaban J connectivity index is 1.67. The van der Waals surface area contributed by atoms with Crippen LogP contribution in [-0.2, 0) is 0 Å². The number of amides is 1. The maximum absolute atomic E-state index is 12.8. The lowest BCUT2D eigenvalue weighted by atomic mass is 9.87. The number of nitrogens with one attached hydrogen (secondary N) is 1. The minimum absolute atomic E-state index is 0.163. The Morgan fingerprint density at radius 2 is 1.93 bits per heavy atom. The third kappa shape index (κ3) is 3.33. The molecular weight excluding hydrogens is 342 g/mol. The molecular formula is C22H29NO4. The summed E-state index contributed by atoms with van der Waals surface area (Å²) in [4.78, 5) is 12.8. The van der Waals surface area contributed by atoms with Crippen molar-refractivity contribution in [2.45, 2.75) is 77.5 Å². The van der Waals surface area contributed by atoms with Crippen molar-refractivity contribution in [1.29, 1.82) is 0 Å². The molecule has 0 radical (unpaired) electrons. The summed E-state index contributed by atoms with van der Waals surface area (Å²) in [6.07, 6.45) is 4.20. The first-order valence-electron chi connectivity index (χ1n) is 9.99. The lowest BCUT2D eigenvalue weighted by Gasteiger charge is -2.35. The highest BCUT2D eigenvalue weighted by atomic mass is 16.5. The lowest BCUT2D eigenvalue weighted by Crippen LogP contribution is -2.37. The van der Waals surface area contributed by atoms with Crippen LogP contribution in [0.1, 0.15) is 80.7 Å². The molecule has 0 unspecified atom stereocenters. The van der Waals surface area contributed by atoms with Gasteiger partial charge in [0.15, 0.2) is 5.76 Å². The number of rotatable bonds is 2. The fourth-order valence-electron chi connectivity index (χ4n) is 4.55. The van der Waals surface area contributed by atoms with Crippen LogP contribution in [0.3, 0.4) is 0 Å². The predicted molar refractivity (Wildman–Crippen MR) is 104 cm³/mol. The number of hydrogen-bond acceptors (Lipinski definition) is 4. The molecule has 1 aliphatic carbocycles. The zero-order chi connectivity index (χ0) is 19.3. The van der Waals surface area contributed by atoms with E-state index in [1.54, 1.807) is 0 Å². The van der Waals surface area contributed by atoms with E-state index in [2.05, 4.69) is 12.2 Å². The van der Waals surface area contributed by atoms with Gasteiger partial charge in [-0.1, -0.05) is 6.92 Å². The van der Waals surface area contributed by atoms with Crippen molar-refractivity contribution in [3.05, 3.63) is 29.0 Å². The highest BCUT2D eigenvalue weighted by Crippen LogP contribution is 2.45. The monoisotopic (exact) mass is 371 g/mol. The SMILES string of the molecule is Cc1c(C(=O)NC2CCC(C)CC2)oc2ccc3c(c12)[C@@H](O)CC(C)(C)O3. The fourth-order valence-corrected chi connectivity index (χ4v) is 4.55. The Hall–Kier alpha value is -2.01. The van der Waals surface area contributed by atoms with Crippen LogP contribution >= 0.6 is 0 Å². The van der Waals surface area contributed by atoms with E-state index in [4.69, 9.17) is 9.15 Å². The van der Waals surface area contributed by atoms with Crippen molar-refractivity contribution in [2.75, 3.05) is 0 Å². The number of carbonyl (C=O) groups is 1. The van der Waals surface area contributed by atoms with Crippen molar-refractivity contribution >= 4 is 16.9 Å². The highest BCUT2D eigenvalue weighted by Gasteiger charge is 2.36. The van der Waals surface area contributed by atoms with Gasteiger partial charge in [0.25, 0.3) is 5.91 Å². The van der Waals surface area contributed by atoms with E-state index in [0.717, 1.165) is 48.1 Å². The van der Waals surface area contributed by atoms with Crippen LogP contribution in [0.25, 0.3) is 11.0 Å². The Labute approximate surface area is 160 Å². The molecule has 0 spiro atoms. The number of fused-ring (bicyclic) bond motifs is 3. The van der Waals surface area contributed by atoms with E-state index in [9.17, 15) is 9.90 Å². The molecule has 1 atom stereocenters. The van der Waals surface area contributed by atoms with Crippen LogP contribution in [0.5, 0.6) is 5.75 Å². The molecule has 146 valence electrons. The van der Waals surface area contributed by atoms with Gasteiger partial charge in [-0.2, -0.15) is 0 Å². The number of furan rings is 1. The van der Waals surface area contributed by atoms with Gasteiger partial charge in [-0.3, -0.25) is 4.79 Å². The van der Waals surface area contributed by atoms with Crippen LogP contribution in [0.2, 0.25) is 0 Å². The summed E-state index contributed by atoms with van der Waals surface area (Å²) in [5, 5.41) is 14.7. The summed E-state index contributed by atoms with van der Waals surface area (Å²) in [7, 11) is 0. The quantitative estimate of drug-likeness (QED) is 0.806. The number of ether oxygens (including phenoxy) is 1. The standard InChI is InChI=1S/C22H29NO4/c1-12-5-7-14(8-6-12)23-21(25)20-13(2)18-16(26-20)9-10-17-19(18)15(24)11-22(3,4)27-17/h9-10,12,14-15,24H,5-8,11H2,1-4H3,(H,23,25)/t12?,14?,15-/m0/s1. The summed E-state index contributed by atoms with van der Waals surface area (Å²) in [5.41, 5.74) is 1.70. The molecule has 5 heteroatoms. The van der Waals surface area contributed by atoms with Gasteiger partial charge in [0.1, 0.15) is 16.9 Å². The van der Waals surface area contributed by atoms with E-state index in [-0.39, 0.29) is 11.9 Å². The summed E-state index contributed by atoms with van der Waals surface area (Å²) >= 11 is 0. The zero-order valence-corrected chi connectivity index (χ0v) is 16.6. The maximum Gasteiger partial charge on any atom is 0.287 e. The largest absolute Gasteiger partial charge is 0.487 e. The molecule has 2 N–H and O–H groups in total. The van der Waals surface area contributed by atoms with E-state index in [1.165, 1.54) is 0 Å². The highest BCUT2D eigenvalue weighted by molar-refractivity contribution is 6.00. The Bertz CT molecular complexity index is 874. The summed E-state index contributed by atoms with van der Waals surface area (Å²) in [5.74, 6) is 1.59. The smallest absolute Gasteiger partial charge is 0.287 e. The Kier molecular flexibility index (Phi) is 4.46. The van der Waals surface area contributed by atoms with Gasteiger partial charge in [-0.15, -0.1) is 0 Å². The summed E-state index contributed by atoms with van der Waals surface area (Å²) in [6, 6.07) is 3.87. The first kappa shape index (κ1) is 18.4. The average Bonchev–Trinajstić information content (AvgIpc) is 2.93. The van der Waals surface area contributed by atoms with Crippen molar-refractivity contribution in [3.63, 3.8) is 0 Å². The minimum Gasteiger partial charge on any atom is -0.487 e. The first-order chi connectivity index (χ1) is 12.7. The van der Waals surface area contributed by atoms with Gasteiger partial charge in [0, 0.05) is 29.0 Å². The molecule has 2 aromatic rings. The van der Waals surface area contributed by atoms with E-state index >= 15 is 0 Å². The molecule has 1 aromatic carbocycles. The molecule has 2 aliphatic rings. The number of aryl methyl sites for hydroxylation is 1. The van der Waals surface area contributed by atoms with Crippen LogP contribution < -0.4 is 10.1 Å². The van der Waals surface area contributed by atoms with Crippen LogP contribution in [0.15, 0.2) is 16.5 Å². The number of carbonyl (C=O) groups excluding carboxylic acids is 1. The van der Waals surface area contributed by atoms with Gasteiger partial charge in [0.2, 0.25) is 0 Å². The predicted octanol–water partition coefficient (Wildman–Crippen LogP) is 4.64. The third-order valence-corrected chi connectivity index (χ3v) is 6.06. The second-order valence-corrected chi connectivity index (χ2v) is 8.92. The summed E-state index contributed by atoms with van der Waals surface area (Å²) in [6.45, 7) is 8.08. The normalized spacial score (nSPS) is 27.1. The molecule has 1 amide bonds. The Morgan fingerprint density at radius 3 is 2.63 bits per heavy atom. The molecule has 0 bridgehead atoms. The topological polar surface area (TPSA) is 71.7 Å². The van der Waals surface area contributed by atoms with Gasteiger partial charge >= 0.3 is 0 Å². The molecule has 1 aliphatic heterocycles. The van der Waals surface area contributed by atoms with E-state index < -0.39 is 11.7 Å². The zero-order valence-electron chi connectivity index (χ0n) is 16.6. The molecule has 1 aromatic heterocycles. The van der Waals surface area contributed by atoms with Crippen LogP contribution in [0.4, 0.5) is 0 Å². The molecule has 1 saturated carbocycles. The first-order valence-corrected chi connectivity index (χ1v) is 9.99. The molecule has 5 nitrogen and oxygen atoms in total.